The molecule has 2 rings (SSSR count). The minimum atomic E-state index is -0.339. The highest BCUT2D eigenvalue weighted by molar-refractivity contribution is 5.95. The average Bonchev–Trinajstić information content (AvgIpc) is 2.30. The molecule has 0 heterocycles. The second kappa shape index (κ2) is 5.08. The summed E-state index contributed by atoms with van der Waals surface area (Å²) >= 11 is 0. The van der Waals surface area contributed by atoms with Crippen LogP contribution in [0.5, 0.6) is 0 Å². The summed E-state index contributed by atoms with van der Waals surface area (Å²) in [6.07, 6.45) is 5.47. The highest BCUT2D eigenvalue weighted by Crippen LogP contribution is 2.23. The van der Waals surface area contributed by atoms with Gasteiger partial charge in [-0.05, 0) is 43.9 Å². The lowest BCUT2D eigenvalue weighted by molar-refractivity contribution is 0.0212. The molecular weight excluding hydrogens is 216 g/mol. The Labute approximate surface area is 101 Å². The predicted molar refractivity (Wildman–Crippen MR) is 67.6 cm³/mol. The van der Waals surface area contributed by atoms with Crippen molar-refractivity contribution in [3.05, 3.63) is 23.8 Å². The molecular formula is C13H18N2O2. The van der Waals surface area contributed by atoms with E-state index in [4.69, 9.17) is 16.2 Å². The molecule has 4 N–H and O–H groups in total. The topological polar surface area (TPSA) is 78.3 Å². The monoisotopic (exact) mass is 234 g/mol. The van der Waals surface area contributed by atoms with Gasteiger partial charge in [0.1, 0.15) is 6.10 Å². The van der Waals surface area contributed by atoms with Gasteiger partial charge in [0.15, 0.2) is 0 Å². The molecule has 17 heavy (non-hydrogen) atoms. The van der Waals surface area contributed by atoms with Gasteiger partial charge < -0.3 is 16.2 Å². The van der Waals surface area contributed by atoms with Crippen LogP contribution in [0.4, 0.5) is 11.4 Å². The normalized spacial score (nSPS) is 16.7. The van der Waals surface area contributed by atoms with Crippen LogP contribution in [0.15, 0.2) is 18.2 Å². The van der Waals surface area contributed by atoms with Crippen LogP contribution >= 0.6 is 0 Å². The Hall–Kier alpha value is -1.71. The first-order chi connectivity index (χ1) is 8.16. The first-order valence-electron chi connectivity index (χ1n) is 6.03. The Morgan fingerprint density at radius 1 is 1.18 bits per heavy atom. The summed E-state index contributed by atoms with van der Waals surface area (Å²) in [5.74, 6) is -0.339. The lowest BCUT2D eigenvalue weighted by Crippen LogP contribution is -2.21. The summed E-state index contributed by atoms with van der Waals surface area (Å²) in [6.45, 7) is 0. The molecule has 4 heteroatoms. The van der Waals surface area contributed by atoms with Crippen molar-refractivity contribution in [2.75, 3.05) is 11.5 Å². The fourth-order valence-electron chi connectivity index (χ4n) is 2.16. The maximum absolute atomic E-state index is 11.9. The number of benzene rings is 1. The number of carbonyl (C=O) groups excluding carboxylic acids is 1. The van der Waals surface area contributed by atoms with Crippen molar-refractivity contribution < 1.29 is 9.53 Å². The smallest absolute Gasteiger partial charge is 0.340 e. The Morgan fingerprint density at radius 2 is 1.88 bits per heavy atom. The Balaban J connectivity index is 2.03. The molecule has 0 saturated heterocycles. The lowest BCUT2D eigenvalue weighted by Gasteiger charge is -2.22. The van der Waals surface area contributed by atoms with Crippen LogP contribution in [0.1, 0.15) is 42.5 Å². The average molecular weight is 234 g/mol. The maximum Gasteiger partial charge on any atom is 0.340 e. The van der Waals surface area contributed by atoms with Crippen LogP contribution < -0.4 is 11.5 Å². The molecule has 1 fully saturated rings. The molecule has 1 aromatic rings. The van der Waals surface area contributed by atoms with E-state index >= 15 is 0 Å². The van der Waals surface area contributed by atoms with Crippen LogP contribution in [0, 0.1) is 0 Å². The SMILES string of the molecule is Nc1ccc(C(=O)OC2CCCCC2)c(N)c1. The van der Waals surface area contributed by atoms with Crippen LogP contribution in [-0.4, -0.2) is 12.1 Å². The molecule has 92 valence electrons. The highest BCUT2D eigenvalue weighted by Gasteiger charge is 2.19. The number of nitrogen functional groups attached to an aromatic ring is 2. The van der Waals surface area contributed by atoms with E-state index in [1.165, 1.54) is 6.42 Å². The van der Waals surface area contributed by atoms with Gasteiger partial charge in [-0.2, -0.15) is 0 Å². The zero-order valence-electron chi connectivity index (χ0n) is 9.82. The van der Waals surface area contributed by atoms with Gasteiger partial charge in [-0.25, -0.2) is 4.79 Å². The number of rotatable bonds is 2. The molecule has 0 atom stereocenters. The summed E-state index contributed by atoms with van der Waals surface area (Å²) in [5.41, 5.74) is 12.7. The molecule has 1 aliphatic rings. The number of hydrogen-bond acceptors (Lipinski definition) is 4. The van der Waals surface area contributed by atoms with Crippen molar-refractivity contribution in [3.8, 4) is 0 Å². The Morgan fingerprint density at radius 3 is 2.53 bits per heavy atom. The number of nitrogens with two attached hydrogens (primary N) is 2. The molecule has 1 aliphatic carbocycles. The highest BCUT2D eigenvalue weighted by atomic mass is 16.5. The number of hydrogen-bond donors (Lipinski definition) is 2. The molecule has 0 radical (unpaired) electrons. The largest absolute Gasteiger partial charge is 0.459 e. The molecule has 4 nitrogen and oxygen atoms in total. The maximum atomic E-state index is 11.9. The molecule has 0 spiro atoms. The van der Waals surface area contributed by atoms with E-state index in [1.54, 1.807) is 18.2 Å². The molecule has 1 aromatic carbocycles. The second-order valence-electron chi connectivity index (χ2n) is 4.51. The Kier molecular flexibility index (Phi) is 3.52. The zero-order chi connectivity index (χ0) is 12.3. The van der Waals surface area contributed by atoms with Gasteiger partial charge in [0.2, 0.25) is 0 Å². The van der Waals surface area contributed by atoms with Gasteiger partial charge in [-0.3, -0.25) is 0 Å². The zero-order valence-corrected chi connectivity index (χ0v) is 9.82. The van der Waals surface area contributed by atoms with Gasteiger partial charge in [-0.1, -0.05) is 6.42 Å². The Bertz CT molecular complexity index is 412. The summed E-state index contributed by atoms with van der Waals surface area (Å²) in [7, 11) is 0. The van der Waals surface area contributed by atoms with Crippen LogP contribution in [0.2, 0.25) is 0 Å². The lowest BCUT2D eigenvalue weighted by atomic mass is 9.98. The molecule has 0 aliphatic heterocycles. The third kappa shape index (κ3) is 2.90. The minimum Gasteiger partial charge on any atom is -0.459 e. The third-order valence-corrected chi connectivity index (χ3v) is 3.12. The molecule has 0 bridgehead atoms. The second-order valence-corrected chi connectivity index (χ2v) is 4.51. The van der Waals surface area contributed by atoms with Gasteiger partial charge in [0.25, 0.3) is 0 Å². The number of anilines is 2. The van der Waals surface area contributed by atoms with Crippen molar-refractivity contribution in [2.45, 2.75) is 38.2 Å². The van der Waals surface area contributed by atoms with E-state index in [1.807, 2.05) is 0 Å². The van der Waals surface area contributed by atoms with E-state index in [0.717, 1.165) is 25.7 Å². The molecule has 0 amide bonds. The first-order valence-corrected chi connectivity index (χ1v) is 6.03. The van der Waals surface area contributed by atoms with Crippen molar-refractivity contribution in [3.63, 3.8) is 0 Å². The third-order valence-electron chi connectivity index (χ3n) is 3.12. The van der Waals surface area contributed by atoms with Gasteiger partial charge >= 0.3 is 5.97 Å². The fourth-order valence-corrected chi connectivity index (χ4v) is 2.16. The summed E-state index contributed by atoms with van der Waals surface area (Å²) in [6, 6.07) is 4.86. The minimum absolute atomic E-state index is 0.0493. The standard InChI is InChI=1S/C13H18N2O2/c14-9-6-7-11(12(15)8-9)13(16)17-10-4-2-1-3-5-10/h6-8,10H,1-5,14-15H2. The molecule has 0 unspecified atom stereocenters. The van der Waals surface area contributed by atoms with Crippen LogP contribution in [-0.2, 0) is 4.74 Å². The number of ether oxygens (including phenoxy) is 1. The van der Waals surface area contributed by atoms with E-state index in [9.17, 15) is 4.79 Å². The van der Waals surface area contributed by atoms with Crippen molar-refractivity contribution >= 4 is 17.3 Å². The fraction of sp³-hybridized carbons (Fsp3) is 0.462. The van der Waals surface area contributed by atoms with E-state index in [-0.39, 0.29) is 12.1 Å². The first kappa shape index (κ1) is 11.8. The summed E-state index contributed by atoms with van der Waals surface area (Å²) in [5, 5.41) is 0. The predicted octanol–water partition coefficient (Wildman–Crippen LogP) is 2.34. The van der Waals surface area contributed by atoms with Crippen molar-refractivity contribution in [1.82, 2.24) is 0 Å². The molecule has 1 saturated carbocycles. The van der Waals surface area contributed by atoms with Gasteiger partial charge in [-0.15, -0.1) is 0 Å². The van der Waals surface area contributed by atoms with E-state index in [0.29, 0.717) is 16.9 Å². The van der Waals surface area contributed by atoms with E-state index < -0.39 is 0 Å². The summed E-state index contributed by atoms with van der Waals surface area (Å²) < 4.78 is 5.44. The van der Waals surface area contributed by atoms with Crippen molar-refractivity contribution in [1.29, 1.82) is 0 Å². The summed E-state index contributed by atoms with van der Waals surface area (Å²) in [4.78, 5) is 11.9. The van der Waals surface area contributed by atoms with Crippen LogP contribution in [0.3, 0.4) is 0 Å². The van der Waals surface area contributed by atoms with Gasteiger partial charge in [0, 0.05) is 11.4 Å². The van der Waals surface area contributed by atoms with Crippen LogP contribution in [0.25, 0.3) is 0 Å². The van der Waals surface area contributed by atoms with Gasteiger partial charge in [0.05, 0.1) is 5.56 Å². The van der Waals surface area contributed by atoms with Crippen molar-refractivity contribution in [2.24, 2.45) is 0 Å². The number of esters is 1. The molecule has 0 aromatic heterocycles. The quantitative estimate of drug-likeness (QED) is 0.608. The van der Waals surface area contributed by atoms with E-state index in [2.05, 4.69) is 0 Å². The number of carbonyl (C=O) groups is 1.